The number of fused-ring (bicyclic) bond motifs is 3. The van der Waals surface area contributed by atoms with Gasteiger partial charge in [0.15, 0.2) is 0 Å². The predicted molar refractivity (Wildman–Crippen MR) is 140 cm³/mol. The van der Waals surface area contributed by atoms with Gasteiger partial charge in [-0.1, -0.05) is 18.2 Å². The molecule has 2 N–H and O–H groups in total. The SMILES string of the molecule is CCn1c2ccccc2c2cc(NC(=O)CN3CCC(Nc4ccc(OC)cc4)CC3)ccc21. The lowest BCUT2D eigenvalue weighted by Crippen LogP contribution is -2.42. The number of carbonyl (C=O) groups excluding carboxylic acids is 1. The highest BCUT2D eigenvalue weighted by atomic mass is 16.5. The Morgan fingerprint density at radius 2 is 1.65 bits per heavy atom. The first kappa shape index (κ1) is 22.3. The maximum atomic E-state index is 12.8. The standard InChI is InChI=1S/C28H32N4O2/c1-3-32-26-7-5-4-6-24(26)25-18-22(10-13-27(25)32)30-28(33)19-31-16-14-21(15-17-31)29-20-8-11-23(34-2)12-9-20/h4-13,18,21,29H,3,14-17,19H2,1-2H3,(H,30,33). The van der Waals surface area contributed by atoms with E-state index in [0.29, 0.717) is 12.6 Å². The zero-order valence-electron chi connectivity index (χ0n) is 19.9. The van der Waals surface area contributed by atoms with E-state index in [9.17, 15) is 4.79 Å². The monoisotopic (exact) mass is 456 g/mol. The summed E-state index contributed by atoms with van der Waals surface area (Å²) < 4.78 is 7.55. The minimum absolute atomic E-state index is 0.0418. The van der Waals surface area contributed by atoms with Gasteiger partial charge in [0, 0.05) is 58.9 Å². The van der Waals surface area contributed by atoms with Crippen LogP contribution in [0, 0.1) is 0 Å². The van der Waals surface area contributed by atoms with Crippen LogP contribution in [0.2, 0.25) is 0 Å². The van der Waals surface area contributed by atoms with Crippen molar-refractivity contribution in [2.45, 2.75) is 32.4 Å². The maximum absolute atomic E-state index is 12.8. The van der Waals surface area contributed by atoms with Crippen LogP contribution in [0.25, 0.3) is 21.8 Å². The molecule has 1 aromatic heterocycles. The number of rotatable bonds is 7. The Morgan fingerprint density at radius 1 is 0.941 bits per heavy atom. The van der Waals surface area contributed by atoms with E-state index >= 15 is 0 Å². The number of aromatic nitrogens is 1. The predicted octanol–water partition coefficient (Wildman–Crippen LogP) is 5.34. The molecule has 1 aliphatic heterocycles. The van der Waals surface area contributed by atoms with E-state index < -0.39 is 0 Å². The first-order valence-electron chi connectivity index (χ1n) is 12.1. The Kier molecular flexibility index (Phi) is 6.41. The number of methoxy groups -OCH3 is 1. The Labute approximate surface area is 200 Å². The molecule has 0 radical (unpaired) electrons. The molecule has 6 heteroatoms. The van der Waals surface area contributed by atoms with E-state index in [2.05, 4.69) is 63.4 Å². The Morgan fingerprint density at radius 3 is 2.38 bits per heavy atom. The Bertz CT molecular complexity index is 1290. The molecule has 1 saturated heterocycles. The number of amides is 1. The van der Waals surface area contributed by atoms with Crippen molar-refractivity contribution in [1.29, 1.82) is 0 Å². The van der Waals surface area contributed by atoms with Crippen LogP contribution in [0.5, 0.6) is 5.75 Å². The number of hydrogen-bond acceptors (Lipinski definition) is 4. The van der Waals surface area contributed by atoms with Crippen LogP contribution in [-0.2, 0) is 11.3 Å². The highest BCUT2D eigenvalue weighted by Gasteiger charge is 2.21. The van der Waals surface area contributed by atoms with E-state index in [-0.39, 0.29) is 5.91 Å². The number of para-hydroxylation sites is 1. The van der Waals surface area contributed by atoms with Crippen molar-refractivity contribution in [3.8, 4) is 5.75 Å². The number of hydrogen-bond donors (Lipinski definition) is 2. The third-order valence-electron chi connectivity index (χ3n) is 6.79. The molecule has 0 spiro atoms. The Hall–Kier alpha value is -3.51. The lowest BCUT2D eigenvalue weighted by molar-refractivity contribution is -0.117. The van der Waals surface area contributed by atoms with Crippen LogP contribution in [0.1, 0.15) is 19.8 Å². The molecule has 3 aromatic carbocycles. The van der Waals surface area contributed by atoms with E-state index in [0.717, 1.165) is 49.6 Å². The average Bonchev–Trinajstić information content (AvgIpc) is 3.18. The van der Waals surface area contributed by atoms with Gasteiger partial charge in [0.2, 0.25) is 5.91 Å². The number of aryl methyl sites for hydroxylation is 1. The molecule has 176 valence electrons. The van der Waals surface area contributed by atoms with Crippen LogP contribution in [-0.4, -0.2) is 48.2 Å². The fraction of sp³-hybridized carbons (Fsp3) is 0.321. The molecule has 4 aromatic rings. The lowest BCUT2D eigenvalue weighted by atomic mass is 10.0. The number of piperidine rings is 1. The molecule has 1 aliphatic rings. The third kappa shape index (κ3) is 4.59. The molecule has 0 saturated carbocycles. The second-order valence-electron chi connectivity index (χ2n) is 8.96. The lowest BCUT2D eigenvalue weighted by Gasteiger charge is -2.32. The smallest absolute Gasteiger partial charge is 0.238 e. The van der Waals surface area contributed by atoms with Crippen LogP contribution >= 0.6 is 0 Å². The third-order valence-corrected chi connectivity index (χ3v) is 6.79. The van der Waals surface area contributed by atoms with Gasteiger partial charge in [-0.05, 0) is 68.3 Å². The zero-order valence-corrected chi connectivity index (χ0v) is 19.9. The molecule has 5 rings (SSSR count). The van der Waals surface area contributed by atoms with Crippen LogP contribution in [0.15, 0.2) is 66.7 Å². The van der Waals surface area contributed by atoms with Gasteiger partial charge in [-0.15, -0.1) is 0 Å². The number of carbonyl (C=O) groups is 1. The van der Waals surface area contributed by atoms with Crippen molar-refractivity contribution < 1.29 is 9.53 Å². The topological polar surface area (TPSA) is 58.5 Å². The van der Waals surface area contributed by atoms with E-state index in [1.165, 1.54) is 21.8 Å². The average molecular weight is 457 g/mol. The molecule has 0 aliphatic carbocycles. The van der Waals surface area contributed by atoms with Crippen LogP contribution < -0.4 is 15.4 Å². The summed E-state index contributed by atoms with van der Waals surface area (Å²) in [6, 6.07) is 23.1. The van der Waals surface area contributed by atoms with E-state index in [1.54, 1.807) is 7.11 Å². The highest BCUT2D eigenvalue weighted by Crippen LogP contribution is 2.31. The second kappa shape index (κ2) is 9.77. The van der Waals surface area contributed by atoms with Crippen LogP contribution in [0.3, 0.4) is 0 Å². The van der Waals surface area contributed by atoms with Crippen molar-refractivity contribution >= 4 is 39.1 Å². The Balaban J connectivity index is 1.17. The fourth-order valence-electron chi connectivity index (χ4n) is 5.03. The number of nitrogens with one attached hydrogen (secondary N) is 2. The summed E-state index contributed by atoms with van der Waals surface area (Å²) >= 11 is 0. The van der Waals surface area contributed by atoms with Crippen molar-refractivity contribution in [3.05, 3.63) is 66.7 Å². The summed E-state index contributed by atoms with van der Waals surface area (Å²) in [6.45, 7) is 5.31. The van der Waals surface area contributed by atoms with Gasteiger partial charge in [0.25, 0.3) is 0 Å². The largest absolute Gasteiger partial charge is 0.497 e. The summed E-state index contributed by atoms with van der Waals surface area (Å²) in [5.41, 5.74) is 4.40. The molecule has 1 fully saturated rings. The summed E-state index contributed by atoms with van der Waals surface area (Å²) in [5.74, 6) is 0.904. The van der Waals surface area contributed by atoms with Crippen molar-refractivity contribution in [1.82, 2.24) is 9.47 Å². The minimum atomic E-state index is 0.0418. The summed E-state index contributed by atoms with van der Waals surface area (Å²) in [6.07, 6.45) is 2.03. The number of ether oxygens (including phenoxy) is 1. The molecule has 6 nitrogen and oxygen atoms in total. The maximum Gasteiger partial charge on any atom is 0.238 e. The number of anilines is 2. The molecular weight excluding hydrogens is 424 g/mol. The van der Waals surface area contributed by atoms with Gasteiger partial charge in [0.05, 0.1) is 13.7 Å². The van der Waals surface area contributed by atoms with Crippen molar-refractivity contribution in [3.63, 3.8) is 0 Å². The molecule has 34 heavy (non-hydrogen) atoms. The van der Waals surface area contributed by atoms with Crippen molar-refractivity contribution in [2.24, 2.45) is 0 Å². The van der Waals surface area contributed by atoms with Crippen molar-refractivity contribution in [2.75, 3.05) is 37.4 Å². The summed E-state index contributed by atoms with van der Waals surface area (Å²) in [7, 11) is 1.68. The first-order chi connectivity index (χ1) is 16.6. The minimum Gasteiger partial charge on any atom is -0.497 e. The van der Waals surface area contributed by atoms with E-state index in [4.69, 9.17) is 4.74 Å². The van der Waals surface area contributed by atoms with Crippen LogP contribution in [0.4, 0.5) is 11.4 Å². The molecular formula is C28H32N4O2. The normalized spacial score (nSPS) is 15.0. The van der Waals surface area contributed by atoms with E-state index in [1.807, 2.05) is 30.3 Å². The number of likely N-dealkylation sites (tertiary alicyclic amines) is 1. The number of nitrogens with zero attached hydrogens (tertiary/aromatic N) is 2. The fourth-order valence-corrected chi connectivity index (χ4v) is 5.03. The molecule has 0 bridgehead atoms. The van der Waals surface area contributed by atoms with Gasteiger partial charge >= 0.3 is 0 Å². The molecule has 0 atom stereocenters. The van der Waals surface area contributed by atoms with Gasteiger partial charge < -0.3 is 19.9 Å². The summed E-state index contributed by atoms with van der Waals surface area (Å²) in [4.78, 5) is 15.0. The molecule has 2 heterocycles. The second-order valence-corrected chi connectivity index (χ2v) is 8.96. The molecule has 1 amide bonds. The molecule has 0 unspecified atom stereocenters. The number of benzene rings is 3. The van der Waals surface area contributed by atoms with Gasteiger partial charge in [-0.2, -0.15) is 0 Å². The summed E-state index contributed by atoms with van der Waals surface area (Å²) in [5, 5.41) is 9.12. The first-order valence-corrected chi connectivity index (χ1v) is 12.1. The van der Waals surface area contributed by atoms with Gasteiger partial charge in [-0.25, -0.2) is 0 Å². The van der Waals surface area contributed by atoms with Gasteiger partial charge in [-0.3, -0.25) is 9.69 Å². The van der Waals surface area contributed by atoms with Gasteiger partial charge in [0.1, 0.15) is 5.75 Å². The zero-order chi connectivity index (χ0) is 23.5. The quantitative estimate of drug-likeness (QED) is 0.394. The highest BCUT2D eigenvalue weighted by molar-refractivity contribution is 6.09.